The van der Waals surface area contributed by atoms with Gasteiger partial charge in [0.25, 0.3) is 5.91 Å². The van der Waals surface area contributed by atoms with Gasteiger partial charge < -0.3 is 20.7 Å². The lowest BCUT2D eigenvalue weighted by Gasteiger charge is -2.11. The van der Waals surface area contributed by atoms with Crippen LogP contribution in [0, 0.1) is 6.92 Å². The number of methoxy groups -OCH3 is 1. The first-order valence-electron chi connectivity index (χ1n) is 6.82. The molecule has 0 aliphatic rings. The highest BCUT2D eigenvalue weighted by Crippen LogP contribution is 2.15. The van der Waals surface area contributed by atoms with Crippen molar-refractivity contribution in [2.75, 3.05) is 38.7 Å². The average molecular weight is 294 g/mol. The normalized spacial score (nSPS) is 10.0. The minimum atomic E-state index is -0.333. The van der Waals surface area contributed by atoms with E-state index >= 15 is 0 Å². The Hall–Kier alpha value is -2.15. The quantitative estimate of drug-likeness (QED) is 0.600. The molecular weight excluding hydrogens is 272 g/mol. The van der Waals surface area contributed by atoms with Crippen LogP contribution in [0.2, 0.25) is 0 Å². The number of pyridine rings is 1. The van der Waals surface area contributed by atoms with Crippen molar-refractivity contribution >= 4 is 17.5 Å². The average Bonchev–Trinajstić information content (AvgIpc) is 2.45. The standard InChI is InChI=1S/C14H22N4O3/c1-4-15-12-7-10(2)17-8-11(12)14(20)18-9-13(19)16-5-6-21-3/h7-8H,4-6,9H2,1-3H3,(H,15,17)(H,16,19)(H,18,20). The highest BCUT2D eigenvalue weighted by Gasteiger charge is 2.13. The zero-order valence-corrected chi connectivity index (χ0v) is 12.7. The van der Waals surface area contributed by atoms with Gasteiger partial charge >= 0.3 is 0 Å². The zero-order valence-electron chi connectivity index (χ0n) is 12.7. The first kappa shape index (κ1) is 16.9. The minimum Gasteiger partial charge on any atom is -0.385 e. The Kier molecular flexibility index (Phi) is 7.17. The molecule has 0 saturated carbocycles. The van der Waals surface area contributed by atoms with Crippen LogP contribution in [0.5, 0.6) is 0 Å². The number of nitrogens with one attached hydrogen (secondary N) is 3. The summed E-state index contributed by atoms with van der Waals surface area (Å²) in [6.45, 7) is 5.27. The maximum absolute atomic E-state index is 12.1. The Balaban J connectivity index is 2.57. The van der Waals surface area contributed by atoms with Crippen LogP contribution >= 0.6 is 0 Å². The SMILES string of the molecule is CCNc1cc(C)ncc1C(=O)NCC(=O)NCCOC. The Morgan fingerprint density at radius 3 is 2.76 bits per heavy atom. The van der Waals surface area contributed by atoms with E-state index in [2.05, 4.69) is 20.9 Å². The molecule has 3 N–H and O–H groups in total. The second kappa shape index (κ2) is 8.91. The van der Waals surface area contributed by atoms with E-state index in [0.717, 1.165) is 5.69 Å². The van der Waals surface area contributed by atoms with E-state index in [1.807, 2.05) is 13.8 Å². The lowest BCUT2D eigenvalue weighted by atomic mass is 10.2. The summed E-state index contributed by atoms with van der Waals surface area (Å²) in [4.78, 5) is 27.7. The van der Waals surface area contributed by atoms with Gasteiger partial charge in [0, 0.05) is 32.1 Å². The van der Waals surface area contributed by atoms with Gasteiger partial charge in [-0.1, -0.05) is 0 Å². The van der Waals surface area contributed by atoms with Crippen LogP contribution in [-0.2, 0) is 9.53 Å². The number of carbonyl (C=O) groups excluding carboxylic acids is 2. The Labute approximate surface area is 124 Å². The van der Waals surface area contributed by atoms with E-state index in [0.29, 0.717) is 30.9 Å². The zero-order chi connectivity index (χ0) is 15.7. The molecule has 1 rings (SSSR count). The van der Waals surface area contributed by atoms with Crippen LogP contribution in [0.3, 0.4) is 0 Å². The molecule has 2 amide bonds. The number of aryl methyl sites for hydroxylation is 1. The summed E-state index contributed by atoms with van der Waals surface area (Å²) < 4.78 is 4.82. The lowest BCUT2D eigenvalue weighted by molar-refractivity contribution is -0.120. The van der Waals surface area contributed by atoms with Crippen molar-refractivity contribution in [1.29, 1.82) is 0 Å². The summed E-state index contributed by atoms with van der Waals surface area (Å²) in [6, 6.07) is 1.80. The predicted octanol–water partition coefficient (Wildman–Crippen LogP) is 0.314. The molecule has 21 heavy (non-hydrogen) atoms. The highest BCUT2D eigenvalue weighted by atomic mass is 16.5. The maximum atomic E-state index is 12.1. The molecule has 0 spiro atoms. The summed E-state index contributed by atoms with van der Waals surface area (Å²) in [6.07, 6.45) is 1.51. The molecule has 7 heteroatoms. The van der Waals surface area contributed by atoms with Crippen LogP contribution < -0.4 is 16.0 Å². The highest BCUT2D eigenvalue weighted by molar-refractivity contribution is 6.00. The summed E-state index contributed by atoms with van der Waals surface area (Å²) in [5, 5.41) is 8.31. The molecule has 116 valence electrons. The summed E-state index contributed by atoms with van der Waals surface area (Å²) in [5.41, 5.74) is 1.95. The van der Waals surface area contributed by atoms with Gasteiger partial charge in [-0.05, 0) is 19.9 Å². The molecule has 0 unspecified atom stereocenters. The number of hydrogen-bond acceptors (Lipinski definition) is 5. The number of rotatable bonds is 8. The number of ether oxygens (including phenoxy) is 1. The van der Waals surface area contributed by atoms with Gasteiger partial charge in [0.05, 0.1) is 24.4 Å². The van der Waals surface area contributed by atoms with Crippen molar-refractivity contribution in [3.05, 3.63) is 23.5 Å². The third kappa shape index (κ3) is 5.78. The van der Waals surface area contributed by atoms with Crippen molar-refractivity contribution < 1.29 is 14.3 Å². The number of carbonyl (C=O) groups is 2. The van der Waals surface area contributed by atoms with E-state index in [4.69, 9.17) is 4.74 Å². The smallest absolute Gasteiger partial charge is 0.255 e. The predicted molar refractivity (Wildman–Crippen MR) is 80.4 cm³/mol. The van der Waals surface area contributed by atoms with Gasteiger partial charge in [-0.3, -0.25) is 14.6 Å². The fraction of sp³-hybridized carbons (Fsp3) is 0.500. The molecule has 0 atom stereocenters. The van der Waals surface area contributed by atoms with Crippen molar-refractivity contribution in [2.24, 2.45) is 0 Å². The largest absolute Gasteiger partial charge is 0.385 e. The molecule has 0 bridgehead atoms. The first-order valence-corrected chi connectivity index (χ1v) is 6.82. The molecule has 0 aliphatic heterocycles. The van der Waals surface area contributed by atoms with Crippen LogP contribution in [0.4, 0.5) is 5.69 Å². The molecule has 1 heterocycles. The molecule has 0 fully saturated rings. The third-order valence-electron chi connectivity index (χ3n) is 2.69. The first-order chi connectivity index (χ1) is 10.1. The van der Waals surface area contributed by atoms with Crippen molar-refractivity contribution in [2.45, 2.75) is 13.8 Å². The number of amides is 2. The molecule has 1 aromatic rings. The summed E-state index contributed by atoms with van der Waals surface area (Å²) in [5.74, 6) is -0.592. The second-order valence-corrected chi connectivity index (χ2v) is 4.43. The topological polar surface area (TPSA) is 92.4 Å². The van der Waals surface area contributed by atoms with Crippen LogP contribution in [0.15, 0.2) is 12.3 Å². The number of aromatic nitrogens is 1. The molecule has 0 aromatic carbocycles. The Morgan fingerprint density at radius 1 is 1.33 bits per heavy atom. The second-order valence-electron chi connectivity index (χ2n) is 4.43. The van der Waals surface area contributed by atoms with Crippen LogP contribution in [0.1, 0.15) is 23.0 Å². The number of nitrogens with zero attached hydrogens (tertiary/aromatic N) is 1. The monoisotopic (exact) mass is 294 g/mol. The minimum absolute atomic E-state index is 0.0814. The molecule has 7 nitrogen and oxygen atoms in total. The Bertz CT molecular complexity index is 491. The van der Waals surface area contributed by atoms with Gasteiger partial charge in [0.15, 0.2) is 0 Å². The van der Waals surface area contributed by atoms with Crippen molar-refractivity contribution in [1.82, 2.24) is 15.6 Å². The van der Waals surface area contributed by atoms with E-state index in [-0.39, 0.29) is 18.4 Å². The van der Waals surface area contributed by atoms with Crippen LogP contribution in [-0.4, -0.2) is 50.1 Å². The molecule has 0 radical (unpaired) electrons. The van der Waals surface area contributed by atoms with Crippen LogP contribution in [0.25, 0.3) is 0 Å². The maximum Gasteiger partial charge on any atom is 0.255 e. The van der Waals surface area contributed by atoms with E-state index in [1.165, 1.54) is 6.20 Å². The van der Waals surface area contributed by atoms with E-state index in [9.17, 15) is 9.59 Å². The van der Waals surface area contributed by atoms with Gasteiger partial charge in [0.1, 0.15) is 0 Å². The summed E-state index contributed by atoms with van der Waals surface area (Å²) >= 11 is 0. The fourth-order valence-electron chi connectivity index (χ4n) is 1.69. The van der Waals surface area contributed by atoms with E-state index < -0.39 is 0 Å². The van der Waals surface area contributed by atoms with Crippen molar-refractivity contribution in [3.63, 3.8) is 0 Å². The number of anilines is 1. The van der Waals surface area contributed by atoms with E-state index in [1.54, 1.807) is 13.2 Å². The fourth-order valence-corrected chi connectivity index (χ4v) is 1.69. The number of hydrogen-bond donors (Lipinski definition) is 3. The van der Waals surface area contributed by atoms with Gasteiger partial charge in [-0.25, -0.2) is 0 Å². The lowest BCUT2D eigenvalue weighted by Crippen LogP contribution is -2.38. The Morgan fingerprint density at radius 2 is 2.10 bits per heavy atom. The van der Waals surface area contributed by atoms with Gasteiger partial charge in [-0.15, -0.1) is 0 Å². The summed E-state index contributed by atoms with van der Waals surface area (Å²) in [7, 11) is 1.56. The molecule has 0 aliphatic carbocycles. The van der Waals surface area contributed by atoms with Crippen molar-refractivity contribution in [3.8, 4) is 0 Å². The molecule has 1 aromatic heterocycles. The van der Waals surface area contributed by atoms with Gasteiger partial charge in [0.2, 0.25) is 5.91 Å². The molecule has 0 saturated heterocycles. The van der Waals surface area contributed by atoms with Gasteiger partial charge in [-0.2, -0.15) is 0 Å². The molecular formula is C14H22N4O3. The third-order valence-corrected chi connectivity index (χ3v) is 2.69.